The standard InChI is InChI=1S/C10H18O7S/c1-5-7(8(11)16-3)10(6-2,9(12)17-4)18(13,14)15/h7H,5-6H2,1-4H3,(H,13,14,15). The minimum atomic E-state index is -4.83. The summed E-state index contributed by atoms with van der Waals surface area (Å²) in [7, 11) is -2.77. The van der Waals surface area contributed by atoms with Crippen molar-refractivity contribution in [3.8, 4) is 0 Å². The average molecular weight is 282 g/mol. The molecule has 18 heavy (non-hydrogen) atoms. The molecule has 0 saturated heterocycles. The largest absolute Gasteiger partial charge is 0.469 e. The van der Waals surface area contributed by atoms with Crippen molar-refractivity contribution in [2.75, 3.05) is 14.2 Å². The van der Waals surface area contributed by atoms with Gasteiger partial charge in [0.1, 0.15) is 0 Å². The van der Waals surface area contributed by atoms with Crippen molar-refractivity contribution in [1.82, 2.24) is 0 Å². The highest BCUT2D eigenvalue weighted by Gasteiger charge is 2.58. The van der Waals surface area contributed by atoms with Crippen LogP contribution in [0, 0.1) is 5.92 Å². The maximum absolute atomic E-state index is 11.8. The van der Waals surface area contributed by atoms with Gasteiger partial charge in [0.15, 0.2) is 0 Å². The van der Waals surface area contributed by atoms with Gasteiger partial charge in [-0.25, -0.2) is 0 Å². The summed E-state index contributed by atoms with van der Waals surface area (Å²) >= 11 is 0. The van der Waals surface area contributed by atoms with Gasteiger partial charge in [-0.15, -0.1) is 0 Å². The SMILES string of the molecule is CCC(C(=O)OC)C(CC)(C(=O)OC)S(=O)(=O)O. The zero-order valence-corrected chi connectivity index (χ0v) is 11.6. The van der Waals surface area contributed by atoms with E-state index >= 15 is 0 Å². The third-order valence-electron chi connectivity index (χ3n) is 2.97. The van der Waals surface area contributed by atoms with Gasteiger partial charge in [0.2, 0.25) is 4.75 Å². The van der Waals surface area contributed by atoms with E-state index in [9.17, 15) is 22.6 Å². The van der Waals surface area contributed by atoms with Crippen molar-refractivity contribution in [3.05, 3.63) is 0 Å². The lowest BCUT2D eigenvalue weighted by molar-refractivity contribution is -0.156. The Labute approximate surface area is 106 Å². The second kappa shape index (κ2) is 6.14. The van der Waals surface area contributed by atoms with Crippen molar-refractivity contribution >= 4 is 22.1 Å². The molecule has 0 aromatic carbocycles. The normalized spacial score (nSPS) is 16.5. The number of methoxy groups -OCH3 is 2. The van der Waals surface area contributed by atoms with E-state index < -0.39 is 32.7 Å². The molecule has 0 radical (unpaired) electrons. The number of hydrogen-bond donors (Lipinski definition) is 1. The molecule has 0 saturated carbocycles. The average Bonchev–Trinajstić information content (AvgIpc) is 2.32. The molecule has 0 fully saturated rings. The first-order valence-corrected chi connectivity index (χ1v) is 6.80. The molecule has 0 rings (SSSR count). The third kappa shape index (κ3) is 2.64. The van der Waals surface area contributed by atoms with E-state index in [1.165, 1.54) is 13.8 Å². The second-order valence-corrected chi connectivity index (χ2v) is 5.37. The molecule has 1 N–H and O–H groups in total. The predicted octanol–water partition coefficient (Wildman–Crippen LogP) is 0.395. The lowest BCUT2D eigenvalue weighted by Gasteiger charge is -2.32. The van der Waals surface area contributed by atoms with E-state index in [1.54, 1.807) is 0 Å². The minimum absolute atomic E-state index is 0.00933. The van der Waals surface area contributed by atoms with Crippen LogP contribution in [0.25, 0.3) is 0 Å². The Hall–Kier alpha value is -1.15. The molecule has 2 unspecified atom stereocenters. The van der Waals surface area contributed by atoms with Crippen molar-refractivity contribution < 1.29 is 32.0 Å². The summed E-state index contributed by atoms with van der Waals surface area (Å²) in [6.07, 6.45) is -0.290. The first kappa shape index (κ1) is 16.9. The summed E-state index contributed by atoms with van der Waals surface area (Å²) < 4.78 is 39.0. The van der Waals surface area contributed by atoms with E-state index in [0.29, 0.717) is 0 Å². The van der Waals surface area contributed by atoms with Gasteiger partial charge in [0, 0.05) is 0 Å². The van der Waals surface area contributed by atoms with Crippen LogP contribution in [-0.4, -0.2) is 43.9 Å². The van der Waals surface area contributed by atoms with Gasteiger partial charge in [-0.3, -0.25) is 14.1 Å². The van der Waals surface area contributed by atoms with Crippen LogP contribution in [-0.2, 0) is 29.2 Å². The van der Waals surface area contributed by atoms with Crippen LogP contribution in [0.5, 0.6) is 0 Å². The number of carbonyl (C=O) groups is 2. The lowest BCUT2D eigenvalue weighted by Crippen LogP contribution is -2.55. The maximum Gasteiger partial charge on any atom is 0.330 e. The fourth-order valence-electron chi connectivity index (χ4n) is 2.00. The van der Waals surface area contributed by atoms with Crippen LogP contribution >= 0.6 is 0 Å². The predicted molar refractivity (Wildman–Crippen MR) is 62.4 cm³/mol. The van der Waals surface area contributed by atoms with Crippen LogP contribution in [0.2, 0.25) is 0 Å². The molecule has 2 atom stereocenters. The minimum Gasteiger partial charge on any atom is -0.469 e. The molecule has 0 amide bonds. The molecule has 0 aromatic rings. The van der Waals surface area contributed by atoms with Gasteiger partial charge in [0.25, 0.3) is 10.1 Å². The lowest BCUT2D eigenvalue weighted by atomic mass is 9.87. The fourth-order valence-corrected chi connectivity index (χ4v) is 3.28. The summed E-state index contributed by atoms with van der Waals surface area (Å²) in [6.45, 7) is 2.89. The molecule has 0 aliphatic rings. The van der Waals surface area contributed by atoms with E-state index in [2.05, 4.69) is 9.47 Å². The van der Waals surface area contributed by atoms with Gasteiger partial charge in [-0.05, 0) is 12.8 Å². The molecule has 0 heterocycles. The molecular formula is C10H18O7S. The first-order chi connectivity index (χ1) is 8.22. The van der Waals surface area contributed by atoms with Crippen LogP contribution in [0.4, 0.5) is 0 Å². The highest BCUT2D eigenvalue weighted by Crippen LogP contribution is 2.34. The highest BCUT2D eigenvalue weighted by atomic mass is 32.2. The summed E-state index contributed by atoms with van der Waals surface area (Å²) in [5.74, 6) is -3.39. The summed E-state index contributed by atoms with van der Waals surface area (Å²) in [5, 5.41) is 0. The molecular weight excluding hydrogens is 264 g/mol. The molecule has 0 aliphatic heterocycles. The summed E-state index contributed by atoms with van der Waals surface area (Å²) in [6, 6.07) is 0. The molecule has 7 nitrogen and oxygen atoms in total. The van der Waals surface area contributed by atoms with Crippen LogP contribution < -0.4 is 0 Å². The Morgan fingerprint density at radius 2 is 1.72 bits per heavy atom. The Bertz CT molecular complexity index is 414. The van der Waals surface area contributed by atoms with Gasteiger partial charge in [0.05, 0.1) is 20.1 Å². The quantitative estimate of drug-likeness (QED) is 0.554. The molecule has 0 aliphatic carbocycles. The van der Waals surface area contributed by atoms with E-state index in [1.807, 2.05) is 0 Å². The molecule has 0 bridgehead atoms. The van der Waals surface area contributed by atoms with E-state index in [0.717, 1.165) is 14.2 Å². The van der Waals surface area contributed by atoms with Gasteiger partial charge >= 0.3 is 11.9 Å². The highest BCUT2D eigenvalue weighted by molar-refractivity contribution is 7.88. The van der Waals surface area contributed by atoms with Gasteiger partial charge < -0.3 is 9.47 Å². The molecule has 0 spiro atoms. The van der Waals surface area contributed by atoms with Gasteiger partial charge in [-0.2, -0.15) is 8.42 Å². The number of ether oxygens (including phenoxy) is 2. The van der Waals surface area contributed by atoms with Crippen LogP contribution in [0.15, 0.2) is 0 Å². The second-order valence-electron chi connectivity index (χ2n) is 3.69. The Morgan fingerprint density at radius 1 is 1.22 bits per heavy atom. The van der Waals surface area contributed by atoms with Crippen molar-refractivity contribution in [3.63, 3.8) is 0 Å². The summed E-state index contributed by atoms with van der Waals surface area (Å²) in [4.78, 5) is 23.4. The first-order valence-electron chi connectivity index (χ1n) is 5.36. The molecule has 106 valence electrons. The molecule has 8 heteroatoms. The van der Waals surface area contributed by atoms with Crippen LogP contribution in [0.3, 0.4) is 0 Å². The monoisotopic (exact) mass is 282 g/mol. The zero-order chi connectivity index (χ0) is 14.6. The summed E-state index contributed by atoms with van der Waals surface area (Å²) in [5.41, 5.74) is 0. The Kier molecular flexibility index (Phi) is 5.75. The number of hydrogen-bond acceptors (Lipinski definition) is 6. The molecule has 0 aromatic heterocycles. The van der Waals surface area contributed by atoms with E-state index in [4.69, 9.17) is 0 Å². The zero-order valence-electron chi connectivity index (χ0n) is 10.8. The van der Waals surface area contributed by atoms with Crippen LogP contribution in [0.1, 0.15) is 26.7 Å². The fraction of sp³-hybridized carbons (Fsp3) is 0.800. The Balaban J connectivity index is 6.02. The van der Waals surface area contributed by atoms with E-state index in [-0.39, 0.29) is 12.8 Å². The third-order valence-corrected chi connectivity index (χ3v) is 4.63. The Morgan fingerprint density at radius 3 is 1.94 bits per heavy atom. The maximum atomic E-state index is 11.8. The smallest absolute Gasteiger partial charge is 0.330 e. The van der Waals surface area contributed by atoms with Crippen molar-refractivity contribution in [2.24, 2.45) is 5.92 Å². The topological polar surface area (TPSA) is 107 Å². The van der Waals surface area contributed by atoms with Crippen molar-refractivity contribution in [2.45, 2.75) is 31.4 Å². The number of rotatable bonds is 6. The number of carbonyl (C=O) groups excluding carboxylic acids is 2. The number of esters is 2. The van der Waals surface area contributed by atoms with Gasteiger partial charge in [-0.1, -0.05) is 13.8 Å². The van der Waals surface area contributed by atoms with Crippen molar-refractivity contribution in [1.29, 1.82) is 0 Å².